The van der Waals surface area contributed by atoms with Gasteiger partial charge >= 0.3 is 0 Å². The number of carbonyl (C=O) groups excluding carboxylic acids is 1. The number of hydrogen-bond acceptors (Lipinski definition) is 4. The quantitative estimate of drug-likeness (QED) is 0.473. The Morgan fingerprint density at radius 3 is 2.50 bits per heavy atom. The Morgan fingerprint density at radius 1 is 0.938 bits per heavy atom. The lowest BCUT2D eigenvalue weighted by Crippen LogP contribution is -2.22. The molecule has 1 N–H and O–H groups in total. The van der Waals surface area contributed by atoms with Crippen LogP contribution in [-0.2, 0) is 17.8 Å². The first kappa shape index (κ1) is 19.9. The fourth-order valence-corrected chi connectivity index (χ4v) is 3.73. The SMILES string of the molecule is O=C(CCc1cn(-c2ccccc2)nc1-c1ccc2c(c1)OCO2)NCc1ccccc1. The van der Waals surface area contributed by atoms with Crippen molar-refractivity contribution < 1.29 is 14.3 Å². The van der Waals surface area contributed by atoms with E-state index in [1.165, 1.54) is 0 Å². The Morgan fingerprint density at radius 2 is 1.69 bits per heavy atom. The maximum Gasteiger partial charge on any atom is 0.231 e. The van der Waals surface area contributed by atoms with E-state index in [0.29, 0.717) is 25.1 Å². The van der Waals surface area contributed by atoms with E-state index in [1.54, 1.807) is 0 Å². The van der Waals surface area contributed by atoms with Crippen molar-refractivity contribution in [1.29, 1.82) is 0 Å². The van der Waals surface area contributed by atoms with E-state index in [1.807, 2.05) is 89.7 Å². The van der Waals surface area contributed by atoms with Gasteiger partial charge in [0.25, 0.3) is 0 Å². The lowest BCUT2D eigenvalue weighted by atomic mass is 10.0. The zero-order valence-corrected chi connectivity index (χ0v) is 17.5. The minimum Gasteiger partial charge on any atom is -0.454 e. The predicted octanol–water partition coefficient (Wildman–Crippen LogP) is 4.52. The van der Waals surface area contributed by atoms with Crippen LogP contribution in [0.2, 0.25) is 0 Å². The highest BCUT2D eigenvalue weighted by atomic mass is 16.7. The third-order valence-electron chi connectivity index (χ3n) is 5.41. The van der Waals surface area contributed by atoms with E-state index >= 15 is 0 Å². The molecule has 0 fully saturated rings. The first-order valence-electron chi connectivity index (χ1n) is 10.6. The lowest BCUT2D eigenvalue weighted by Gasteiger charge is -2.06. The molecule has 160 valence electrons. The number of benzene rings is 3. The number of fused-ring (bicyclic) bond motifs is 1. The average Bonchev–Trinajstić information content (AvgIpc) is 3.49. The fourth-order valence-electron chi connectivity index (χ4n) is 3.73. The molecule has 0 radical (unpaired) electrons. The van der Waals surface area contributed by atoms with Crippen LogP contribution in [0, 0.1) is 0 Å². The molecule has 5 rings (SSSR count). The van der Waals surface area contributed by atoms with Gasteiger partial charge in [-0.3, -0.25) is 4.79 Å². The number of ether oxygens (including phenoxy) is 2. The second kappa shape index (κ2) is 8.98. The van der Waals surface area contributed by atoms with Crippen LogP contribution in [0.4, 0.5) is 0 Å². The fraction of sp³-hybridized carbons (Fsp3) is 0.154. The monoisotopic (exact) mass is 425 g/mol. The summed E-state index contributed by atoms with van der Waals surface area (Å²) >= 11 is 0. The van der Waals surface area contributed by atoms with Crippen LogP contribution in [0.15, 0.2) is 85.1 Å². The third-order valence-corrected chi connectivity index (χ3v) is 5.41. The Kier molecular flexibility index (Phi) is 5.58. The first-order chi connectivity index (χ1) is 15.8. The van der Waals surface area contributed by atoms with Crippen LogP contribution in [0.5, 0.6) is 11.5 Å². The second-order valence-electron chi connectivity index (χ2n) is 7.61. The summed E-state index contributed by atoms with van der Waals surface area (Å²) < 4.78 is 12.8. The van der Waals surface area contributed by atoms with Crippen LogP contribution in [0.1, 0.15) is 17.5 Å². The average molecular weight is 425 g/mol. The van der Waals surface area contributed by atoms with Crippen LogP contribution in [0.3, 0.4) is 0 Å². The van der Waals surface area contributed by atoms with Crippen LogP contribution >= 0.6 is 0 Å². The van der Waals surface area contributed by atoms with Gasteiger partial charge in [-0.15, -0.1) is 0 Å². The van der Waals surface area contributed by atoms with Crippen molar-refractivity contribution in [2.75, 3.05) is 6.79 Å². The largest absolute Gasteiger partial charge is 0.454 e. The normalized spacial score (nSPS) is 12.0. The maximum absolute atomic E-state index is 12.5. The molecule has 1 amide bonds. The molecular weight excluding hydrogens is 402 g/mol. The summed E-state index contributed by atoms with van der Waals surface area (Å²) in [5, 5.41) is 7.83. The Bertz CT molecular complexity index is 1220. The van der Waals surface area contributed by atoms with Crippen LogP contribution < -0.4 is 14.8 Å². The Balaban J connectivity index is 1.36. The number of aryl methyl sites for hydroxylation is 1. The number of rotatable bonds is 7. The van der Waals surface area contributed by atoms with Crippen molar-refractivity contribution in [3.05, 3.63) is 96.2 Å². The molecule has 1 aromatic heterocycles. The molecule has 0 unspecified atom stereocenters. The van der Waals surface area contributed by atoms with Crippen molar-refractivity contribution in [2.24, 2.45) is 0 Å². The first-order valence-corrected chi connectivity index (χ1v) is 10.6. The van der Waals surface area contributed by atoms with Crippen LogP contribution in [-0.4, -0.2) is 22.5 Å². The standard InChI is InChI=1S/C26H23N3O3/c30-25(27-16-19-7-3-1-4-8-19)14-12-21-17-29(22-9-5-2-6-10-22)28-26(21)20-11-13-23-24(15-20)32-18-31-23/h1-11,13,15,17H,12,14,16,18H2,(H,27,30). The summed E-state index contributed by atoms with van der Waals surface area (Å²) in [5.74, 6) is 1.46. The molecule has 0 atom stereocenters. The molecule has 3 aromatic carbocycles. The minimum atomic E-state index is 0.0120. The van der Waals surface area contributed by atoms with E-state index in [4.69, 9.17) is 14.6 Å². The molecule has 0 bridgehead atoms. The molecule has 4 aromatic rings. The van der Waals surface area contributed by atoms with Gasteiger partial charge in [0.2, 0.25) is 12.7 Å². The van der Waals surface area contributed by atoms with E-state index in [-0.39, 0.29) is 12.7 Å². The summed E-state index contributed by atoms with van der Waals surface area (Å²) in [6, 6.07) is 25.7. The maximum atomic E-state index is 12.5. The van der Waals surface area contributed by atoms with Gasteiger partial charge in [-0.05, 0) is 47.9 Å². The third kappa shape index (κ3) is 4.34. The van der Waals surface area contributed by atoms with Crippen molar-refractivity contribution in [3.8, 4) is 28.4 Å². The van der Waals surface area contributed by atoms with E-state index in [0.717, 1.165) is 33.8 Å². The number of para-hydroxylation sites is 1. The molecule has 0 saturated carbocycles. The molecule has 0 saturated heterocycles. The summed E-state index contributed by atoms with van der Waals surface area (Å²) in [6.07, 6.45) is 2.96. The molecule has 32 heavy (non-hydrogen) atoms. The summed E-state index contributed by atoms with van der Waals surface area (Å²) in [7, 11) is 0. The molecule has 1 aliphatic rings. The zero-order valence-electron chi connectivity index (χ0n) is 17.5. The molecule has 6 nitrogen and oxygen atoms in total. The highest BCUT2D eigenvalue weighted by Gasteiger charge is 2.18. The molecule has 1 aliphatic heterocycles. The predicted molar refractivity (Wildman–Crippen MR) is 122 cm³/mol. The topological polar surface area (TPSA) is 65.4 Å². The molecule has 0 spiro atoms. The van der Waals surface area contributed by atoms with Gasteiger partial charge in [0.05, 0.1) is 11.4 Å². The smallest absolute Gasteiger partial charge is 0.231 e. The number of carbonyl (C=O) groups is 1. The van der Waals surface area contributed by atoms with Crippen LogP contribution in [0.25, 0.3) is 16.9 Å². The van der Waals surface area contributed by atoms with E-state index in [9.17, 15) is 4.79 Å². The number of hydrogen-bond donors (Lipinski definition) is 1. The van der Waals surface area contributed by atoms with E-state index < -0.39 is 0 Å². The molecular formula is C26H23N3O3. The molecule has 6 heteroatoms. The Labute approximate surface area is 186 Å². The second-order valence-corrected chi connectivity index (χ2v) is 7.61. The van der Waals surface area contributed by atoms with Gasteiger partial charge in [-0.2, -0.15) is 5.10 Å². The van der Waals surface area contributed by atoms with Gasteiger partial charge in [0.15, 0.2) is 11.5 Å². The zero-order chi connectivity index (χ0) is 21.8. The number of aromatic nitrogens is 2. The van der Waals surface area contributed by atoms with Gasteiger partial charge in [-0.1, -0.05) is 48.5 Å². The summed E-state index contributed by atoms with van der Waals surface area (Å²) in [4.78, 5) is 12.5. The van der Waals surface area contributed by atoms with E-state index in [2.05, 4.69) is 5.32 Å². The summed E-state index contributed by atoms with van der Waals surface area (Å²) in [6.45, 7) is 0.754. The molecule has 0 aliphatic carbocycles. The number of nitrogens with one attached hydrogen (secondary N) is 1. The van der Waals surface area contributed by atoms with Crippen molar-refractivity contribution in [1.82, 2.24) is 15.1 Å². The highest BCUT2D eigenvalue weighted by molar-refractivity contribution is 5.77. The lowest BCUT2D eigenvalue weighted by molar-refractivity contribution is -0.121. The number of nitrogens with zero attached hydrogens (tertiary/aromatic N) is 2. The van der Waals surface area contributed by atoms with Crippen molar-refractivity contribution in [2.45, 2.75) is 19.4 Å². The van der Waals surface area contributed by atoms with Gasteiger partial charge in [0.1, 0.15) is 0 Å². The van der Waals surface area contributed by atoms with Crippen molar-refractivity contribution >= 4 is 5.91 Å². The summed E-state index contributed by atoms with van der Waals surface area (Å²) in [5.41, 5.74) is 4.82. The minimum absolute atomic E-state index is 0.0120. The molecule has 2 heterocycles. The van der Waals surface area contributed by atoms with Gasteiger partial charge < -0.3 is 14.8 Å². The van der Waals surface area contributed by atoms with Crippen molar-refractivity contribution in [3.63, 3.8) is 0 Å². The Hall–Kier alpha value is -4.06. The number of amides is 1. The highest BCUT2D eigenvalue weighted by Crippen LogP contribution is 2.36. The van der Waals surface area contributed by atoms with Gasteiger partial charge in [-0.25, -0.2) is 4.68 Å². The van der Waals surface area contributed by atoms with Gasteiger partial charge in [0, 0.05) is 24.7 Å².